The van der Waals surface area contributed by atoms with Gasteiger partial charge in [-0.05, 0) is 56.7 Å². The molecule has 31 heavy (non-hydrogen) atoms. The quantitative estimate of drug-likeness (QED) is 0.350. The largest absolute Gasteiger partial charge is 0.493 e. The first-order valence-corrected chi connectivity index (χ1v) is 11.4. The van der Waals surface area contributed by atoms with Crippen molar-refractivity contribution in [3.63, 3.8) is 0 Å². The van der Waals surface area contributed by atoms with Crippen LogP contribution >= 0.6 is 11.3 Å². The number of carbonyl (C=O) groups excluding carboxylic acids is 2. The fourth-order valence-electron chi connectivity index (χ4n) is 3.49. The maximum absolute atomic E-state index is 12.9. The normalized spacial score (nSPS) is 13.1. The predicted molar refractivity (Wildman–Crippen MR) is 121 cm³/mol. The molecule has 162 valence electrons. The van der Waals surface area contributed by atoms with Crippen LogP contribution in [0.25, 0.3) is 6.08 Å². The number of nitriles is 1. The molecule has 0 unspecified atom stereocenters. The second kappa shape index (κ2) is 10.8. The van der Waals surface area contributed by atoms with Crippen molar-refractivity contribution in [1.82, 2.24) is 0 Å². The fraction of sp³-hybridized carbons (Fsp3) is 0.375. The lowest BCUT2D eigenvalue weighted by Crippen LogP contribution is -2.16. The molecule has 6 nitrogen and oxygen atoms in total. The number of anilines is 1. The van der Waals surface area contributed by atoms with Gasteiger partial charge >= 0.3 is 5.97 Å². The number of nitrogens with one attached hydrogen (secondary N) is 1. The molecule has 1 heterocycles. The predicted octanol–water partition coefficient (Wildman–Crippen LogP) is 5.14. The molecule has 2 aromatic rings. The van der Waals surface area contributed by atoms with Gasteiger partial charge in [0.05, 0.1) is 18.8 Å². The minimum Gasteiger partial charge on any atom is -0.493 e. The molecule has 0 spiro atoms. The summed E-state index contributed by atoms with van der Waals surface area (Å²) in [5.41, 5.74) is 1.98. The highest BCUT2D eigenvalue weighted by Gasteiger charge is 2.27. The van der Waals surface area contributed by atoms with E-state index < -0.39 is 11.9 Å². The summed E-state index contributed by atoms with van der Waals surface area (Å²) in [5, 5.41) is 12.9. The Morgan fingerprint density at radius 1 is 1.23 bits per heavy atom. The van der Waals surface area contributed by atoms with Crippen molar-refractivity contribution in [2.45, 2.75) is 46.0 Å². The molecule has 1 aromatic carbocycles. The summed E-state index contributed by atoms with van der Waals surface area (Å²) in [4.78, 5) is 26.6. The molecule has 1 aliphatic carbocycles. The first kappa shape index (κ1) is 22.6. The SMILES string of the molecule is CCCOc1ccccc1C=C(C#N)C(=O)Nc1sc2c(c1C(=O)OCC)CCCC2. The highest BCUT2D eigenvalue weighted by molar-refractivity contribution is 7.17. The number of nitrogens with zero attached hydrogens (tertiary/aromatic N) is 1. The molecule has 0 fully saturated rings. The van der Waals surface area contributed by atoms with Gasteiger partial charge in [0.15, 0.2) is 0 Å². The average molecular weight is 439 g/mol. The van der Waals surface area contributed by atoms with E-state index in [1.54, 1.807) is 19.1 Å². The van der Waals surface area contributed by atoms with Crippen molar-refractivity contribution in [1.29, 1.82) is 5.26 Å². The fourth-order valence-corrected chi connectivity index (χ4v) is 4.76. The summed E-state index contributed by atoms with van der Waals surface area (Å²) in [5.74, 6) is -0.376. The number of ether oxygens (including phenoxy) is 2. The van der Waals surface area contributed by atoms with Gasteiger partial charge < -0.3 is 14.8 Å². The lowest BCUT2D eigenvalue weighted by molar-refractivity contribution is -0.112. The summed E-state index contributed by atoms with van der Waals surface area (Å²) in [7, 11) is 0. The lowest BCUT2D eigenvalue weighted by atomic mass is 9.95. The van der Waals surface area contributed by atoms with Crippen molar-refractivity contribution < 1.29 is 19.1 Å². The molecule has 7 heteroatoms. The molecule has 0 bridgehead atoms. The number of fused-ring (bicyclic) bond motifs is 1. The van der Waals surface area contributed by atoms with Gasteiger partial charge in [0.1, 0.15) is 22.4 Å². The Bertz CT molecular complexity index is 1030. The van der Waals surface area contributed by atoms with E-state index in [0.29, 0.717) is 28.5 Å². The van der Waals surface area contributed by atoms with E-state index in [1.165, 1.54) is 17.4 Å². The number of carbonyl (C=O) groups is 2. The van der Waals surface area contributed by atoms with Crippen molar-refractivity contribution >= 4 is 34.3 Å². The molecule has 3 rings (SSSR count). The number of esters is 1. The van der Waals surface area contributed by atoms with Crippen LogP contribution in [0.15, 0.2) is 29.8 Å². The summed E-state index contributed by atoms with van der Waals surface area (Å²) in [6, 6.07) is 9.24. The van der Waals surface area contributed by atoms with Crippen molar-refractivity contribution in [3.8, 4) is 11.8 Å². The maximum atomic E-state index is 12.9. The molecule has 0 saturated carbocycles. The molecule has 1 amide bonds. The average Bonchev–Trinajstić information content (AvgIpc) is 3.14. The molecular formula is C24H26N2O4S. The molecule has 0 radical (unpaired) electrons. The summed E-state index contributed by atoms with van der Waals surface area (Å²) >= 11 is 1.40. The second-order valence-corrected chi connectivity index (χ2v) is 8.25. The van der Waals surface area contributed by atoms with Crippen molar-refractivity contribution in [2.75, 3.05) is 18.5 Å². The Morgan fingerprint density at radius 2 is 2.00 bits per heavy atom. The summed E-state index contributed by atoms with van der Waals surface area (Å²) in [6.45, 7) is 4.56. The molecule has 1 N–H and O–H groups in total. The van der Waals surface area contributed by atoms with Gasteiger partial charge in [0.25, 0.3) is 5.91 Å². The molecule has 0 saturated heterocycles. The zero-order valence-electron chi connectivity index (χ0n) is 17.8. The zero-order chi connectivity index (χ0) is 22.2. The monoisotopic (exact) mass is 438 g/mol. The van der Waals surface area contributed by atoms with E-state index in [2.05, 4.69) is 5.32 Å². The topological polar surface area (TPSA) is 88.4 Å². The Hall–Kier alpha value is -3.11. The number of hydrogen-bond donors (Lipinski definition) is 1. The minimum atomic E-state index is -0.558. The van der Waals surface area contributed by atoms with E-state index in [1.807, 2.05) is 25.1 Å². The van der Waals surface area contributed by atoms with Crippen molar-refractivity contribution in [3.05, 3.63) is 51.4 Å². The Kier molecular flexibility index (Phi) is 7.85. The first-order valence-electron chi connectivity index (χ1n) is 10.6. The van der Waals surface area contributed by atoms with Gasteiger partial charge in [-0.2, -0.15) is 5.26 Å². The summed E-state index contributed by atoms with van der Waals surface area (Å²) < 4.78 is 10.9. The lowest BCUT2D eigenvalue weighted by Gasteiger charge is -2.12. The summed E-state index contributed by atoms with van der Waals surface area (Å²) in [6.07, 6.45) is 6.09. The number of hydrogen-bond acceptors (Lipinski definition) is 6. The molecule has 1 aliphatic rings. The highest BCUT2D eigenvalue weighted by atomic mass is 32.1. The number of amides is 1. The maximum Gasteiger partial charge on any atom is 0.341 e. The first-order chi connectivity index (χ1) is 15.1. The molecule has 1 aromatic heterocycles. The van der Waals surface area contributed by atoms with Gasteiger partial charge in [-0.3, -0.25) is 4.79 Å². The van der Waals surface area contributed by atoms with E-state index in [4.69, 9.17) is 9.47 Å². The van der Waals surface area contributed by atoms with Crippen LogP contribution in [0.3, 0.4) is 0 Å². The van der Waals surface area contributed by atoms with E-state index in [9.17, 15) is 14.9 Å². The highest BCUT2D eigenvalue weighted by Crippen LogP contribution is 2.38. The number of thiophene rings is 1. The number of rotatable bonds is 8. The van der Waals surface area contributed by atoms with Gasteiger partial charge in [-0.25, -0.2) is 4.79 Å². The van der Waals surface area contributed by atoms with Crippen LogP contribution in [0.5, 0.6) is 5.75 Å². The van der Waals surface area contributed by atoms with Crippen LogP contribution in [0, 0.1) is 11.3 Å². The van der Waals surface area contributed by atoms with Crippen molar-refractivity contribution in [2.24, 2.45) is 0 Å². The number of benzene rings is 1. The third-order valence-electron chi connectivity index (χ3n) is 4.92. The van der Waals surface area contributed by atoms with Crippen LogP contribution in [-0.2, 0) is 22.4 Å². The van der Waals surface area contributed by atoms with E-state index in [0.717, 1.165) is 42.5 Å². The standard InChI is InChI=1S/C24H26N2O4S/c1-3-13-30-19-11-7-5-9-16(19)14-17(15-25)22(27)26-23-21(24(28)29-4-2)18-10-6-8-12-20(18)31-23/h5,7,9,11,14H,3-4,6,8,10,12-13H2,1-2H3,(H,26,27). The van der Waals surface area contributed by atoms with E-state index >= 15 is 0 Å². The third kappa shape index (κ3) is 5.33. The zero-order valence-corrected chi connectivity index (χ0v) is 18.6. The van der Waals surface area contributed by atoms with E-state index in [-0.39, 0.29) is 12.2 Å². The smallest absolute Gasteiger partial charge is 0.341 e. The van der Waals surface area contributed by atoms with Crippen LogP contribution < -0.4 is 10.1 Å². The van der Waals surface area contributed by atoms with Gasteiger partial charge in [-0.15, -0.1) is 11.3 Å². The number of aryl methyl sites for hydroxylation is 1. The third-order valence-corrected chi connectivity index (χ3v) is 6.13. The van der Waals surface area contributed by atoms with Crippen LogP contribution in [0.4, 0.5) is 5.00 Å². The Labute approximate surface area is 186 Å². The van der Waals surface area contributed by atoms with Crippen LogP contribution in [0.2, 0.25) is 0 Å². The Balaban J connectivity index is 1.90. The van der Waals surface area contributed by atoms with Gasteiger partial charge in [0, 0.05) is 10.4 Å². The number of para-hydroxylation sites is 1. The molecule has 0 atom stereocenters. The molecule has 0 aliphatic heterocycles. The van der Waals surface area contributed by atoms with Crippen LogP contribution in [-0.4, -0.2) is 25.1 Å². The van der Waals surface area contributed by atoms with Gasteiger partial charge in [0.2, 0.25) is 0 Å². The minimum absolute atomic E-state index is 0.0614. The Morgan fingerprint density at radius 3 is 2.74 bits per heavy atom. The second-order valence-electron chi connectivity index (χ2n) is 7.15. The molecular weight excluding hydrogens is 412 g/mol. The van der Waals surface area contributed by atoms with Crippen LogP contribution in [0.1, 0.15) is 59.5 Å². The van der Waals surface area contributed by atoms with Gasteiger partial charge in [-0.1, -0.05) is 25.1 Å².